The van der Waals surface area contributed by atoms with E-state index in [1.807, 2.05) is 11.3 Å². The van der Waals surface area contributed by atoms with E-state index in [1.54, 1.807) is 0 Å². The average molecular weight is 268 g/mol. The molecule has 0 saturated carbocycles. The lowest BCUT2D eigenvalue weighted by Gasteiger charge is -2.26. The van der Waals surface area contributed by atoms with Crippen molar-refractivity contribution in [3.05, 3.63) is 21.9 Å². The van der Waals surface area contributed by atoms with Crippen LogP contribution in [-0.4, -0.2) is 24.5 Å². The molecule has 2 nitrogen and oxygen atoms in total. The molecule has 1 heterocycles. The van der Waals surface area contributed by atoms with E-state index in [9.17, 15) is 0 Å². The molecule has 0 amide bonds. The summed E-state index contributed by atoms with van der Waals surface area (Å²) in [7, 11) is 2.21. The second-order valence-corrected chi connectivity index (χ2v) is 7.89. The molecule has 1 aromatic rings. The zero-order valence-electron chi connectivity index (χ0n) is 12.7. The van der Waals surface area contributed by atoms with Crippen LogP contribution in [0.2, 0.25) is 0 Å². The smallest absolute Gasteiger partial charge is 0.0325 e. The monoisotopic (exact) mass is 268 g/mol. The van der Waals surface area contributed by atoms with Crippen LogP contribution in [0.15, 0.2) is 12.1 Å². The minimum Gasteiger partial charge on any atom is -0.310 e. The largest absolute Gasteiger partial charge is 0.310 e. The van der Waals surface area contributed by atoms with Gasteiger partial charge in [-0.05, 0) is 24.6 Å². The standard InChI is InChI=1S/C15H28N2S/c1-12(2)16-9-13-7-8-14(18-13)10-17(6)11-15(3,4)5/h7-8,12,16H,9-11H2,1-6H3. The van der Waals surface area contributed by atoms with Crippen molar-refractivity contribution in [2.75, 3.05) is 13.6 Å². The Hall–Kier alpha value is -0.380. The molecule has 0 bridgehead atoms. The first kappa shape index (κ1) is 15.7. The second-order valence-electron chi connectivity index (χ2n) is 6.64. The van der Waals surface area contributed by atoms with Crippen LogP contribution in [0.25, 0.3) is 0 Å². The van der Waals surface area contributed by atoms with Gasteiger partial charge >= 0.3 is 0 Å². The van der Waals surface area contributed by atoms with Crippen molar-refractivity contribution in [1.29, 1.82) is 0 Å². The van der Waals surface area contributed by atoms with Crippen LogP contribution in [0.5, 0.6) is 0 Å². The molecule has 104 valence electrons. The summed E-state index contributed by atoms with van der Waals surface area (Å²) < 4.78 is 0. The van der Waals surface area contributed by atoms with Gasteiger partial charge in [0, 0.05) is 35.4 Å². The van der Waals surface area contributed by atoms with Crippen molar-refractivity contribution < 1.29 is 0 Å². The van der Waals surface area contributed by atoms with Crippen molar-refractivity contribution in [2.45, 2.75) is 53.8 Å². The summed E-state index contributed by atoms with van der Waals surface area (Å²) in [6, 6.07) is 5.07. The van der Waals surface area contributed by atoms with Gasteiger partial charge in [0.25, 0.3) is 0 Å². The summed E-state index contributed by atoms with van der Waals surface area (Å²) in [5, 5.41) is 3.46. The minimum absolute atomic E-state index is 0.369. The van der Waals surface area contributed by atoms with Gasteiger partial charge in [-0.15, -0.1) is 11.3 Å². The van der Waals surface area contributed by atoms with Gasteiger partial charge in [0.2, 0.25) is 0 Å². The molecule has 0 aliphatic carbocycles. The molecule has 0 aliphatic rings. The zero-order chi connectivity index (χ0) is 13.8. The number of thiophene rings is 1. The molecule has 1 rings (SSSR count). The molecule has 1 N–H and O–H groups in total. The third kappa shape index (κ3) is 6.53. The van der Waals surface area contributed by atoms with Crippen molar-refractivity contribution in [1.82, 2.24) is 10.2 Å². The van der Waals surface area contributed by atoms with Crippen molar-refractivity contribution in [2.24, 2.45) is 5.41 Å². The normalized spacial score (nSPS) is 12.7. The Morgan fingerprint density at radius 1 is 1.22 bits per heavy atom. The molecular formula is C15H28N2S. The molecular weight excluding hydrogens is 240 g/mol. The highest BCUT2D eigenvalue weighted by Gasteiger charge is 2.14. The van der Waals surface area contributed by atoms with E-state index in [0.29, 0.717) is 11.5 Å². The lowest BCUT2D eigenvalue weighted by Crippen LogP contribution is -2.28. The van der Waals surface area contributed by atoms with E-state index < -0.39 is 0 Å². The first-order valence-electron chi connectivity index (χ1n) is 6.76. The van der Waals surface area contributed by atoms with Crippen LogP contribution in [0.1, 0.15) is 44.4 Å². The molecule has 0 fully saturated rings. The van der Waals surface area contributed by atoms with E-state index in [1.165, 1.54) is 9.75 Å². The summed E-state index contributed by atoms with van der Waals surface area (Å²) in [5.41, 5.74) is 0.369. The summed E-state index contributed by atoms with van der Waals surface area (Å²) in [4.78, 5) is 5.30. The van der Waals surface area contributed by atoms with E-state index in [2.05, 4.69) is 64.0 Å². The van der Waals surface area contributed by atoms with Crippen molar-refractivity contribution >= 4 is 11.3 Å². The maximum absolute atomic E-state index is 3.46. The maximum atomic E-state index is 3.46. The Kier molecular flexibility index (Phi) is 5.83. The molecule has 0 aliphatic heterocycles. The molecule has 0 aromatic carbocycles. The maximum Gasteiger partial charge on any atom is 0.0325 e. The Morgan fingerprint density at radius 2 is 1.83 bits per heavy atom. The molecule has 0 radical (unpaired) electrons. The molecule has 1 aromatic heterocycles. The predicted molar refractivity (Wildman–Crippen MR) is 82.1 cm³/mol. The summed E-state index contributed by atoms with van der Waals surface area (Å²) in [5.74, 6) is 0. The lowest BCUT2D eigenvalue weighted by atomic mass is 9.96. The van der Waals surface area contributed by atoms with Gasteiger partial charge in [0.15, 0.2) is 0 Å². The van der Waals surface area contributed by atoms with E-state index in [0.717, 1.165) is 19.6 Å². The first-order chi connectivity index (χ1) is 8.26. The van der Waals surface area contributed by atoms with Gasteiger partial charge in [-0.2, -0.15) is 0 Å². The van der Waals surface area contributed by atoms with Crippen LogP contribution >= 0.6 is 11.3 Å². The molecule has 0 spiro atoms. The molecule has 18 heavy (non-hydrogen) atoms. The lowest BCUT2D eigenvalue weighted by molar-refractivity contribution is 0.222. The van der Waals surface area contributed by atoms with E-state index in [4.69, 9.17) is 0 Å². The Bertz CT molecular complexity index is 350. The highest BCUT2D eigenvalue weighted by Crippen LogP contribution is 2.20. The highest BCUT2D eigenvalue weighted by atomic mass is 32.1. The molecule has 3 heteroatoms. The van der Waals surface area contributed by atoms with Gasteiger partial charge in [0.05, 0.1) is 0 Å². The minimum atomic E-state index is 0.369. The Balaban J connectivity index is 2.43. The summed E-state index contributed by atoms with van der Waals surface area (Å²) >= 11 is 1.93. The number of hydrogen-bond donors (Lipinski definition) is 1. The number of rotatable bonds is 6. The second kappa shape index (κ2) is 6.69. The topological polar surface area (TPSA) is 15.3 Å². The fourth-order valence-corrected chi connectivity index (χ4v) is 3.09. The van der Waals surface area contributed by atoms with Gasteiger partial charge in [-0.1, -0.05) is 34.6 Å². The number of nitrogens with zero attached hydrogens (tertiary/aromatic N) is 1. The van der Waals surface area contributed by atoms with E-state index >= 15 is 0 Å². The van der Waals surface area contributed by atoms with Crippen LogP contribution in [0.4, 0.5) is 0 Å². The fourth-order valence-electron chi connectivity index (χ4n) is 2.04. The van der Waals surface area contributed by atoms with E-state index in [-0.39, 0.29) is 0 Å². The van der Waals surface area contributed by atoms with Gasteiger partial charge in [-0.25, -0.2) is 0 Å². The third-order valence-corrected chi connectivity index (χ3v) is 3.64. The average Bonchev–Trinajstić information content (AvgIpc) is 2.59. The van der Waals surface area contributed by atoms with Gasteiger partial charge in [0.1, 0.15) is 0 Å². The fraction of sp³-hybridized carbons (Fsp3) is 0.733. The Morgan fingerprint density at radius 3 is 2.39 bits per heavy atom. The van der Waals surface area contributed by atoms with Crippen molar-refractivity contribution in [3.63, 3.8) is 0 Å². The quantitative estimate of drug-likeness (QED) is 0.846. The van der Waals surface area contributed by atoms with Crippen LogP contribution in [-0.2, 0) is 13.1 Å². The van der Waals surface area contributed by atoms with Gasteiger partial charge in [-0.3, -0.25) is 0 Å². The molecule has 0 saturated heterocycles. The predicted octanol–water partition coefficient (Wildman–Crippen LogP) is 3.72. The SMILES string of the molecule is CC(C)NCc1ccc(CN(C)CC(C)(C)C)s1. The Labute approximate surface area is 116 Å². The summed E-state index contributed by atoms with van der Waals surface area (Å²) in [6.45, 7) is 14.4. The summed E-state index contributed by atoms with van der Waals surface area (Å²) in [6.07, 6.45) is 0. The molecule has 0 unspecified atom stereocenters. The third-order valence-electron chi connectivity index (χ3n) is 2.57. The number of nitrogens with one attached hydrogen (secondary N) is 1. The number of hydrogen-bond acceptors (Lipinski definition) is 3. The van der Waals surface area contributed by atoms with Crippen LogP contribution in [0.3, 0.4) is 0 Å². The highest BCUT2D eigenvalue weighted by molar-refractivity contribution is 7.11. The van der Waals surface area contributed by atoms with Crippen LogP contribution < -0.4 is 5.32 Å². The first-order valence-corrected chi connectivity index (χ1v) is 7.57. The molecule has 0 atom stereocenters. The zero-order valence-corrected chi connectivity index (χ0v) is 13.5. The van der Waals surface area contributed by atoms with Crippen molar-refractivity contribution in [3.8, 4) is 0 Å². The van der Waals surface area contributed by atoms with Crippen LogP contribution in [0, 0.1) is 5.41 Å². The van der Waals surface area contributed by atoms with Gasteiger partial charge < -0.3 is 10.2 Å².